The van der Waals surface area contributed by atoms with E-state index in [1.54, 1.807) is 18.2 Å². The Hall–Kier alpha value is -1.26. The number of aliphatic hydroxyl groups is 1. The summed E-state index contributed by atoms with van der Waals surface area (Å²) in [6.45, 7) is 2.08. The van der Waals surface area contributed by atoms with Crippen LogP contribution in [0.3, 0.4) is 0 Å². The molecule has 20 heavy (non-hydrogen) atoms. The van der Waals surface area contributed by atoms with Crippen molar-refractivity contribution in [2.45, 2.75) is 38.1 Å². The molecule has 2 atom stereocenters. The molecule has 5 heteroatoms. The number of hydrogen-bond donors (Lipinski definition) is 3. The Morgan fingerprint density at radius 3 is 2.95 bits per heavy atom. The van der Waals surface area contributed by atoms with E-state index in [1.165, 1.54) is 0 Å². The zero-order chi connectivity index (χ0) is 14.8. The van der Waals surface area contributed by atoms with Crippen LogP contribution < -0.4 is 11.1 Å². The van der Waals surface area contributed by atoms with Crippen molar-refractivity contribution in [1.29, 1.82) is 0 Å². The zero-order valence-electron chi connectivity index (χ0n) is 11.7. The molecule has 0 bridgehead atoms. The van der Waals surface area contributed by atoms with E-state index in [0.29, 0.717) is 22.2 Å². The molecule has 0 radical (unpaired) electrons. The first-order valence-electron chi connectivity index (χ1n) is 6.95. The van der Waals surface area contributed by atoms with E-state index in [4.69, 9.17) is 17.3 Å². The van der Waals surface area contributed by atoms with Gasteiger partial charge in [0.05, 0.1) is 22.7 Å². The van der Waals surface area contributed by atoms with Gasteiger partial charge in [-0.1, -0.05) is 37.4 Å². The Labute approximate surface area is 124 Å². The first kappa shape index (κ1) is 15.1. The monoisotopic (exact) mass is 296 g/mol. The summed E-state index contributed by atoms with van der Waals surface area (Å²) in [7, 11) is 0. The topological polar surface area (TPSA) is 75.3 Å². The summed E-state index contributed by atoms with van der Waals surface area (Å²) in [6.07, 6.45) is 3.69. The lowest BCUT2D eigenvalue weighted by Gasteiger charge is -2.39. The van der Waals surface area contributed by atoms with E-state index in [1.807, 2.05) is 0 Å². The summed E-state index contributed by atoms with van der Waals surface area (Å²) < 4.78 is 0. The second-order valence-corrected chi connectivity index (χ2v) is 6.21. The summed E-state index contributed by atoms with van der Waals surface area (Å²) >= 11 is 6.06. The minimum absolute atomic E-state index is 0.0621. The first-order chi connectivity index (χ1) is 9.47. The van der Waals surface area contributed by atoms with E-state index in [9.17, 15) is 9.90 Å². The molecule has 0 aliphatic heterocycles. The van der Waals surface area contributed by atoms with Gasteiger partial charge in [0.25, 0.3) is 5.91 Å². The Balaban J connectivity index is 2.21. The molecule has 1 aromatic rings. The van der Waals surface area contributed by atoms with Crippen LogP contribution in [0.5, 0.6) is 0 Å². The highest BCUT2D eigenvalue weighted by atomic mass is 35.5. The number of nitrogen functional groups attached to an aromatic ring is 1. The third-order valence-electron chi connectivity index (χ3n) is 4.05. The Bertz CT molecular complexity index is 486. The smallest absolute Gasteiger partial charge is 0.255 e. The lowest BCUT2D eigenvalue weighted by molar-refractivity contribution is 0.0698. The number of carbonyl (C=O) groups excluding carboxylic acids is 1. The highest BCUT2D eigenvalue weighted by molar-refractivity contribution is 6.34. The Morgan fingerprint density at radius 1 is 1.60 bits per heavy atom. The molecule has 4 nitrogen and oxygen atoms in total. The van der Waals surface area contributed by atoms with E-state index in [2.05, 4.69) is 12.2 Å². The second kappa shape index (κ2) is 6.02. The van der Waals surface area contributed by atoms with Crippen molar-refractivity contribution < 1.29 is 9.90 Å². The molecule has 1 aliphatic rings. The average molecular weight is 297 g/mol. The predicted molar refractivity (Wildman–Crippen MR) is 80.8 cm³/mol. The molecule has 0 aromatic heterocycles. The van der Waals surface area contributed by atoms with Gasteiger partial charge in [0.1, 0.15) is 0 Å². The molecule has 1 aliphatic carbocycles. The molecule has 4 N–H and O–H groups in total. The van der Waals surface area contributed by atoms with Gasteiger partial charge in [-0.2, -0.15) is 0 Å². The molecule has 1 fully saturated rings. The second-order valence-electron chi connectivity index (χ2n) is 5.80. The number of halogens is 1. The predicted octanol–water partition coefficient (Wildman–Crippen LogP) is 2.59. The summed E-state index contributed by atoms with van der Waals surface area (Å²) in [5.41, 5.74) is 5.92. The molecule has 0 saturated heterocycles. The van der Waals surface area contributed by atoms with Crippen LogP contribution in [0.4, 0.5) is 5.69 Å². The van der Waals surface area contributed by atoms with Crippen LogP contribution in [0.2, 0.25) is 5.02 Å². The maximum absolute atomic E-state index is 12.4. The SMILES string of the molecule is CC1CCCC(CO)(NC(=O)c2c(N)cccc2Cl)C1. The number of rotatable bonds is 3. The highest BCUT2D eigenvalue weighted by Gasteiger charge is 2.36. The van der Waals surface area contributed by atoms with Crippen LogP contribution in [0.1, 0.15) is 43.0 Å². The molecule has 1 saturated carbocycles. The standard InChI is InChI=1S/C15H21ClN2O2/c1-10-4-3-7-15(8-10,9-19)18-14(20)13-11(16)5-2-6-12(13)17/h2,5-6,10,19H,3-4,7-9,17H2,1H3,(H,18,20). The van der Waals surface area contributed by atoms with Gasteiger partial charge in [0.2, 0.25) is 0 Å². The lowest BCUT2D eigenvalue weighted by Crippen LogP contribution is -2.54. The Kier molecular flexibility index (Phi) is 4.55. The van der Waals surface area contributed by atoms with Gasteiger partial charge >= 0.3 is 0 Å². The van der Waals surface area contributed by atoms with Crippen molar-refractivity contribution in [3.8, 4) is 0 Å². The zero-order valence-corrected chi connectivity index (χ0v) is 12.4. The normalized spacial score (nSPS) is 26.2. The number of carbonyl (C=O) groups is 1. The van der Waals surface area contributed by atoms with E-state index < -0.39 is 5.54 Å². The summed E-state index contributed by atoms with van der Waals surface area (Å²) in [4.78, 5) is 12.4. The van der Waals surface area contributed by atoms with Crippen LogP contribution in [-0.4, -0.2) is 23.2 Å². The molecule has 0 spiro atoms. The molecular weight excluding hydrogens is 276 g/mol. The highest BCUT2D eigenvalue weighted by Crippen LogP contribution is 2.33. The number of nitrogens with two attached hydrogens (primary N) is 1. The molecule has 110 valence electrons. The van der Waals surface area contributed by atoms with Gasteiger partial charge in [-0.15, -0.1) is 0 Å². The maximum atomic E-state index is 12.4. The molecule has 2 rings (SSSR count). The Morgan fingerprint density at radius 2 is 2.35 bits per heavy atom. The maximum Gasteiger partial charge on any atom is 0.255 e. The third-order valence-corrected chi connectivity index (χ3v) is 4.36. The van der Waals surface area contributed by atoms with Crippen LogP contribution >= 0.6 is 11.6 Å². The third kappa shape index (κ3) is 3.07. The van der Waals surface area contributed by atoms with Crippen molar-refractivity contribution >= 4 is 23.2 Å². The van der Waals surface area contributed by atoms with Crippen molar-refractivity contribution in [2.75, 3.05) is 12.3 Å². The summed E-state index contributed by atoms with van der Waals surface area (Å²) in [5.74, 6) is 0.177. The molecular formula is C15H21ClN2O2. The largest absolute Gasteiger partial charge is 0.398 e. The van der Waals surface area contributed by atoms with Gasteiger partial charge in [-0.3, -0.25) is 4.79 Å². The quantitative estimate of drug-likeness (QED) is 0.751. The van der Waals surface area contributed by atoms with E-state index >= 15 is 0 Å². The fourth-order valence-corrected chi connectivity index (χ4v) is 3.31. The number of anilines is 1. The van der Waals surface area contributed by atoms with Crippen molar-refractivity contribution in [3.05, 3.63) is 28.8 Å². The van der Waals surface area contributed by atoms with E-state index in [-0.39, 0.29) is 12.5 Å². The van der Waals surface area contributed by atoms with Crippen LogP contribution in [0.15, 0.2) is 18.2 Å². The molecule has 2 unspecified atom stereocenters. The van der Waals surface area contributed by atoms with E-state index in [0.717, 1.165) is 25.7 Å². The summed E-state index contributed by atoms with van der Waals surface area (Å²) in [6, 6.07) is 5.00. The van der Waals surface area contributed by atoms with Crippen LogP contribution in [-0.2, 0) is 0 Å². The average Bonchev–Trinajstić information content (AvgIpc) is 2.38. The minimum atomic E-state index is -0.555. The fourth-order valence-electron chi connectivity index (χ4n) is 3.04. The van der Waals surface area contributed by atoms with Crippen molar-refractivity contribution in [2.24, 2.45) is 5.92 Å². The molecule has 1 amide bonds. The molecule has 1 aromatic carbocycles. The van der Waals surface area contributed by atoms with Gasteiger partial charge in [0, 0.05) is 5.69 Å². The van der Waals surface area contributed by atoms with Crippen molar-refractivity contribution in [3.63, 3.8) is 0 Å². The minimum Gasteiger partial charge on any atom is -0.398 e. The van der Waals surface area contributed by atoms with Gasteiger partial charge in [0.15, 0.2) is 0 Å². The number of hydrogen-bond acceptors (Lipinski definition) is 3. The number of benzene rings is 1. The van der Waals surface area contributed by atoms with Gasteiger partial charge in [-0.25, -0.2) is 0 Å². The number of amides is 1. The first-order valence-corrected chi connectivity index (χ1v) is 7.32. The van der Waals surface area contributed by atoms with Gasteiger partial charge < -0.3 is 16.2 Å². The lowest BCUT2D eigenvalue weighted by atomic mass is 9.76. The molecule has 0 heterocycles. The number of aliphatic hydroxyl groups excluding tert-OH is 1. The van der Waals surface area contributed by atoms with Crippen molar-refractivity contribution in [1.82, 2.24) is 5.32 Å². The van der Waals surface area contributed by atoms with Gasteiger partial charge in [-0.05, 0) is 30.9 Å². The van der Waals surface area contributed by atoms with Crippen LogP contribution in [0.25, 0.3) is 0 Å². The fraction of sp³-hybridized carbons (Fsp3) is 0.533. The van der Waals surface area contributed by atoms with Crippen LogP contribution in [0, 0.1) is 5.92 Å². The number of nitrogens with one attached hydrogen (secondary N) is 1. The summed E-state index contributed by atoms with van der Waals surface area (Å²) in [5, 5.41) is 13.0.